The maximum atomic E-state index is 14.3. The average Bonchev–Trinajstić information content (AvgIpc) is 2.94. The summed E-state index contributed by atoms with van der Waals surface area (Å²) in [5.41, 5.74) is 3.50. The Labute approximate surface area is 259 Å². The first kappa shape index (κ1) is 33.4. The van der Waals surface area contributed by atoms with Gasteiger partial charge in [0.15, 0.2) is 0 Å². The second-order valence-corrected chi connectivity index (χ2v) is 13.2. The summed E-state index contributed by atoms with van der Waals surface area (Å²) in [4.78, 5) is 29.2. The Kier molecular flexibility index (Phi) is 11.5. The van der Waals surface area contributed by atoms with Crippen LogP contribution in [0.5, 0.6) is 0 Å². The molecular formula is C32H39Cl2N3O4S. The van der Waals surface area contributed by atoms with E-state index in [0.29, 0.717) is 34.1 Å². The molecule has 2 amide bonds. The molecule has 0 saturated carbocycles. The van der Waals surface area contributed by atoms with Gasteiger partial charge in [-0.25, -0.2) is 8.42 Å². The SMILES string of the molecule is CC[C@@H](C)NC(=O)[C@@H](CC)N(Cc1ccc(Cl)cc1Cl)C(=O)CN(c1cccc(C)c1C)S(=O)(=O)c1ccc(C)cc1. The van der Waals surface area contributed by atoms with E-state index in [9.17, 15) is 18.0 Å². The van der Waals surface area contributed by atoms with Crippen LogP contribution in [-0.2, 0) is 26.2 Å². The summed E-state index contributed by atoms with van der Waals surface area (Å²) >= 11 is 12.6. The lowest BCUT2D eigenvalue weighted by molar-refractivity contribution is -0.140. The highest BCUT2D eigenvalue weighted by Crippen LogP contribution is 2.30. The van der Waals surface area contributed by atoms with Crippen LogP contribution in [0.4, 0.5) is 5.69 Å². The lowest BCUT2D eigenvalue weighted by Crippen LogP contribution is -2.53. The summed E-state index contributed by atoms with van der Waals surface area (Å²) in [6, 6.07) is 15.8. The minimum absolute atomic E-state index is 0.00745. The van der Waals surface area contributed by atoms with Crippen LogP contribution >= 0.6 is 23.2 Å². The van der Waals surface area contributed by atoms with Gasteiger partial charge in [-0.3, -0.25) is 13.9 Å². The number of halogens is 2. The van der Waals surface area contributed by atoms with E-state index in [-0.39, 0.29) is 23.4 Å². The Hall–Kier alpha value is -3.07. The van der Waals surface area contributed by atoms with Crippen molar-refractivity contribution < 1.29 is 18.0 Å². The molecule has 7 nitrogen and oxygen atoms in total. The number of aryl methyl sites for hydroxylation is 2. The molecule has 2 atom stereocenters. The van der Waals surface area contributed by atoms with Crippen LogP contribution in [-0.4, -0.2) is 43.8 Å². The Balaban J connectivity index is 2.13. The third-order valence-electron chi connectivity index (χ3n) is 7.48. The number of carbonyl (C=O) groups excluding carboxylic acids is 2. The normalized spacial score (nSPS) is 12.9. The van der Waals surface area contributed by atoms with Gasteiger partial charge >= 0.3 is 0 Å². The van der Waals surface area contributed by atoms with Gasteiger partial charge in [-0.1, -0.05) is 72.9 Å². The number of hydrogen-bond acceptors (Lipinski definition) is 4. The molecule has 3 rings (SSSR count). The average molecular weight is 633 g/mol. The van der Waals surface area contributed by atoms with Crippen molar-refractivity contribution in [2.45, 2.75) is 77.9 Å². The molecule has 0 aliphatic rings. The maximum Gasteiger partial charge on any atom is 0.264 e. The largest absolute Gasteiger partial charge is 0.352 e. The van der Waals surface area contributed by atoms with Gasteiger partial charge < -0.3 is 10.2 Å². The van der Waals surface area contributed by atoms with Crippen LogP contribution in [0.1, 0.15) is 55.9 Å². The first-order valence-electron chi connectivity index (χ1n) is 14.0. The number of nitrogens with one attached hydrogen (secondary N) is 1. The van der Waals surface area contributed by atoms with Crippen molar-refractivity contribution in [1.82, 2.24) is 10.2 Å². The number of sulfonamides is 1. The smallest absolute Gasteiger partial charge is 0.264 e. The van der Waals surface area contributed by atoms with E-state index < -0.39 is 28.5 Å². The first-order valence-corrected chi connectivity index (χ1v) is 16.2. The molecule has 3 aromatic rings. The highest BCUT2D eigenvalue weighted by atomic mass is 35.5. The van der Waals surface area contributed by atoms with Crippen molar-refractivity contribution in [3.8, 4) is 0 Å². The Morgan fingerprint density at radius 2 is 1.60 bits per heavy atom. The maximum absolute atomic E-state index is 14.3. The molecule has 0 saturated heterocycles. The van der Waals surface area contributed by atoms with Crippen molar-refractivity contribution in [3.63, 3.8) is 0 Å². The van der Waals surface area contributed by atoms with Crippen LogP contribution < -0.4 is 9.62 Å². The highest BCUT2D eigenvalue weighted by Gasteiger charge is 2.34. The molecule has 0 radical (unpaired) electrons. The topological polar surface area (TPSA) is 86.8 Å². The van der Waals surface area contributed by atoms with E-state index in [0.717, 1.165) is 21.0 Å². The fourth-order valence-corrected chi connectivity index (χ4v) is 6.49. The molecule has 0 bridgehead atoms. The highest BCUT2D eigenvalue weighted by molar-refractivity contribution is 7.92. The molecule has 0 aromatic heterocycles. The van der Waals surface area contributed by atoms with E-state index in [1.807, 2.05) is 47.6 Å². The minimum Gasteiger partial charge on any atom is -0.352 e. The third kappa shape index (κ3) is 7.85. The van der Waals surface area contributed by atoms with E-state index in [1.54, 1.807) is 42.5 Å². The van der Waals surface area contributed by atoms with E-state index in [2.05, 4.69) is 5.32 Å². The summed E-state index contributed by atoms with van der Waals surface area (Å²) in [6.45, 7) is 10.7. The van der Waals surface area contributed by atoms with Crippen LogP contribution in [0.25, 0.3) is 0 Å². The van der Waals surface area contributed by atoms with Gasteiger partial charge in [0, 0.05) is 22.6 Å². The molecule has 10 heteroatoms. The van der Waals surface area contributed by atoms with E-state index in [4.69, 9.17) is 23.2 Å². The van der Waals surface area contributed by atoms with Gasteiger partial charge in [0.25, 0.3) is 10.0 Å². The molecule has 0 heterocycles. The fraction of sp³-hybridized carbons (Fsp3) is 0.375. The van der Waals surface area contributed by atoms with E-state index in [1.165, 1.54) is 17.0 Å². The Bertz CT molecular complexity index is 1530. The van der Waals surface area contributed by atoms with Crippen molar-refractivity contribution in [2.75, 3.05) is 10.8 Å². The number of hydrogen-bond donors (Lipinski definition) is 1. The summed E-state index contributed by atoms with van der Waals surface area (Å²) in [5.74, 6) is -0.853. The predicted octanol–water partition coefficient (Wildman–Crippen LogP) is 6.84. The Morgan fingerprint density at radius 3 is 2.19 bits per heavy atom. The summed E-state index contributed by atoms with van der Waals surface area (Å²) in [6.07, 6.45) is 1.03. The van der Waals surface area contributed by atoms with Crippen LogP contribution in [0.3, 0.4) is 0 Å². The van der Waals surface area contributed by atoms with Crippen molar-refractivity contribution >= 4 is 50.7 Å². The zero-order valence-electron chi connectivity index (χ0n) is 24.9. The molecular weight excluding hydrogens is 593 g/mol. The van der Waals surface area contributed by atoms with Crippen molar-refractivity contribution in [1.29, 1.82) is 0 Å². The van der Waals surface area contributed by atoms with Gasteiger partial charge in [-0.15, -0.1) is 0 Å². The molecule has 0 aliphatic heterocycles. The molecule has 0 unspecified atom stereocenters. The molecule has 0 aliphatic carbocycles. The van der Waals surface area contributed by atoms with Crippen molar-refractivity contribution in [2.24, 2.45) is 0 Å². The van der Waals surface area contributed by atoms with Crippen LogP contribution in [0.2, 0.25) is 10.0 Å². The summed E-state index contributed by atoms with van der Waals surface area (Å²) < 4.78 is 29.4. The number of carbonyl (C=O) groups is 2. The molecule has 0 spiro atoms. The summed E-state index contributed by atoms with van der Waals surface area (Å²) in [5, 5.41) is 3.75. The van der Waals surface area contributed by atoms with Crippen LogP contribution in [0, 0.1) is 20.8 Å². The predicted molar refractivity (Wildman–Crippen MR) is 171 cm³/mol. The van der Waals surface area contributed by atoms with Crippen LogP contribution in [0.15, 0.2) is 65.6 Å². The number of benzene rings is 3. The number of nitrogens with zero attached hydrogens (tertiary/aromatic N) is 2. The monoisotopic (exact) mass is 631 g/mol. The standard InChI is InChI=1S/C32H39Cl2N3O4S/c1-7-23(5)35-32(39)29(8-2)36(19-25-14-15-26(33)18-28(25)34)31(38)20-37(30-11-9-10-22(4)24(30)6)42(40,41)27-16-12-21(3)13-17-27/h9-18,23,29H,7-8,19-20H2,1-6H3,(H,35,39)/t23-,29-/m1/s1. The van der Waals surface area contributed by atoms with E-state index >= 15 is 0 Å². The fourth-order valence-electron chi connectivity index (χ4n) is 4.55. The molecule has 0 fully saturated rings. The second kappa shape index (κ2) is 14.4. The minimum atomic E-state index is -4.16. The van der Waals surface area contributed by atoms with Gasteiger partial charge in [-0.2, -0.15) is 0 Å². The number of amides is 2. The molecule has 226 valence electrons. The van der Waals surface area contributed by atoms with Gasteiger partial charge in [-0.05, 0) is 87.6 Å². The molecule has 3 aromatic carbocycles. The third-order valence-corrected chi connectivity index (χ3v) is 9.84. The first-order chi connectivity index (χ1) is 19.8. The van der Waals surface area contributed by atoms with Gasteiger partial charge in [0.1, 0.15) is 12.6 Å². The van der Waals surface area contributed by atoms with Gasteiger partial charge in [0.05, 0.1) is 10.6 Å². The lowest BCUT2D eigenvalue weighted by Gasteiger charge is -2.34. The second-order valence-electron chi connectivity index (χ2n) is 10.5. The Morgan fingerprint density at radius 1 is 0.929 bits per heavy atom. The molecule has 1 N–H and O–H groups in total. The van der Waals surface area contributed by atoms with Gasteiger partial charge in [0.2, 0.25) is 11.8 Å². The summed E-state index contributed by atoms with van der Waals surface area (Å²) in [7, 11) is -4.16. The lowest BCUT2D eigenvalue weighted by atomic mass is 10.1. The van der Waals surface area contributed by atoms with Crippen molar-refractivity contribution in [3.05, 3.63) is 93.0 Å². The number of anilines is 1. The molecule has 42 heavy (non-hydrogen) atoms. The number of rotatable bonds is 12. The quantitative estimate of drug-likeness (QED) is 0.237. The zero-order chi connectivity index (χ0) is 31.2. The zero-order valence-corrected chi connectivity index (χ0v) is 27.3.